The van der Waals surface area contributed by atoms with Crippen molar-refractivity contribution in [2.45, 2.75) is 46.3 Å². The second-order valence-electron chi connectivity index (χ2n) is 6.71. The molecule has 2 rings (SSSR count). The first kappa shape index (κ1) is 17.3. The smallest absolute Gasteiger partial charge is 0.322 e. The number of morpholine rings is 1. The quantitative estimate of drug-likeness (QED) is 0.880. The zero-order chi connectivity index (χ0) is 17.2. The zero-order valence-electron chi connectivity index (χ0n) is 14.4. The van der Waals surface area contributed by atoms with E-state index in [2.05, 4.69) is 10.6 Å². The topological polar surface area (TPSA) is 70.7 Å². The molecule has 1 heterocycles. The summed E-state index contributed by atoms with van der Waals surface area (Å²) in [5.41, 5.74) is 1.94. The number of ether oxygens (including phenoxy) is 1. The van der Waals surface area contributed by atoms with Crippen molar-refractivity contribution in [3.63, 3.8) is 0 Å². The number of carbonyl (C=O) groups excluding carboxylic acids is 2. The van der Waals surface area contributed by atoms with Crippen LogP contribution in [0.1, 0.15) is 33.3 Å². The minimum Gasteiger partial charge on any atom is -0.369 e. The van der Waals surface area contributed by atoms with E-state index in [1.54, 1.807) is 11.0 Å². The minimum atomic E-state index is -0.358. The Hall–Kier alpha value is -2.08. The van der Waals surface area contributed by atoms with Crippen LogP contribution in [0.2, 0.25) is 0 Å². The Morgan fingerprint density at radius 1 is 1.30 bits per heavy atom. The van der Waals surface area contributed by atoms with Crippen LogP contribution in [0.5, 0.6) is 0 Å². The average Bonchev–Trinajstić information content (AvgIpc) is 2.39. The second-order valence-corrected chi connectivity index (χ2v) is 6.71. The van der Waals surface area contributed by atoms with Crippen LogP contribution in [-0.2, 0) is 9.53 Å². The summed E-state index contributed by atoms with van der Waals surface area (Å²) in [5.74, 6) is -0.139. The molecule has 1 aromatic carbocycles. The van der Waals surface area contributed by atoms with Gasteiger partial charge in [0.1, 0.15) is 0 Å². The molecule has 3 amide bonds. The van der Waals surface area contributed by atoms with Crippen LogP contribution < -0.4 is 10.6 Å². The number of nitrogens with zero attached hydrogens (tertiary/aromatic N) is 1. The average molecular weight is 319 g/mol. The van der Waals surface area contributed by atoms with Gasteiger partial charge in [0.15, 0.2) is 0 Å². The Kier molecular flexibility index (Phi) is 4.94. The largest absolute Gasteiger partial charge is 0.369 e. The first-order valence-corrected chi connectivity index (χ1v) is 7.78. The van der Waals surface area contributed by atoms with E-state index in [-0.39, 0.29) is 23.6 Å². The van der Waals surface area contributed by atoms with Crippen LogP contribution >= 0.6 is 0 Å². The number of anilines is 2. The van der Waals surface area contributed by atoms with Gasteiger partial charge in [0.05, 0.1) is 18.2 Å². The predicted molar refractivity (Wildman–Crippen MR) is 90.7 cm³/mol. The molecule has 0 bridgehead atoms. The molecule has 23 heavy (non-hydrogen) atoms. The van der Waals surface area contributed by atoms with E-state index in [9.17, 15) is 9.59 Å². The first-order chi connectivity index (χ1) is 10.7. The molecule has 1 aromatic rings. The van der Waals surface area contributed by atoms with Crippen LogP contribution in [0.4, 0.5) is 16.2 Å². The third kappa shape index (κ3) is 4.69. The van der Waals surface area contributed by atoms with Gasteiger partial charge in [0, 0.05) is 24.8 Å². The number of urea groups is 1. The monoisotopic (exact) mass is 319 g/mol. The lowest BCUT2D eigenvalue weighted by Gasteiger charge is -2.41. The molecule has 126 valence electrons. The van der Waals surface area contributed by atoms with Crippen LogP contribution in [0.15, 0.2) is 18.2 Å². The Morgan fingerprint density at radius 2 is 2.00 bits per heavy atom. The van der Waals surface area contributed by atoms with Gasteiger partial charge in [-0.1, -0.05) is 6.07 Å². The molecule has 1 unspecified atom stereocenters. The highest BCUT2D eigenvalue weighted by atomic mass is 16.5. The Balaban J connectivity index is 2.09. The number of hydrogen-bond donors (Lipinski definition) is 2. The van der Waals surface area contributed by atoms with Gasteiger partial charge in [-0.05, 0) is 45.4 Å². The lowest BCUT2D eigenvalue weighted by Crippen LogP contribution is -2.54. The van der Waals surface area contributed by atoms with E-state index in [1.807, 2.05) is 39.8 Å². The van der Waals surface area contributed by atoms with Crippen LogP contribution in [0.3, 0.4) is 0 Å². The van der Waals surface area contributed by atoms with Gasteiger partial charge in [-0.25, -0.2) is 4.79 Å². The third-order valence-electron chi connectivity index (χ3n) is 3.66. The van der Waals surface area contributed by atoms with Gasteiger partial charge in [0.25, 0.3) is 0 Å². The van der Waals surface area contributed by atoms with Crippen molar-refractivity contribution in [1.82, 2.24) is 4.90 Å². The van der Waals surface area contributed by atoms with Crippen LogP contribution in [-0.4, -0.2) is 41.6 Å². The van der Waals surface area contributed by atoms with Crippen LogP contribution in [0, 0.1) is 6.92 Å². The maximum atomic E-state index is 12.5. The van der Waals surface area contributed by atoms with Crippen molar-refractivity contribution in [3.05, 3.63) is 23.8 Å². The van der Waals surface area contributed by atoms with Crippen molar-refractivity contribution < 1.29 is 14.3 Å². The Morgan fingerprint density at radius 3 is 2.61 bits per heavy atom. The minimum absolute atomic E-state index is 0.00235. The molecular formula is C17H25N3O3. The number of aryl methyl sites for hydroxylation is 1. The molecule has 0 radical (unpaired) electrons. The third-order valence-corrected chi connectivity index (χ3v) is 3.66. The molecule has 2 N–H and O–H groups in total. The maximum absolute atomic E-state index is 12.5. The fourth-order valence-electron chi connectivity index (χ4n) is 2.84. The standard InChI is InChI=1S/C17H25N3O3/c1-11-6-7-14(8-15(11)18-13(3)21)19-16(22)20-9-12(2)23-17(4,5)10-20/h6-8,12H,9-10H2,1-5H3,(H,18,21)(H,19,22). The molecule has 0 aromatic heterocycles. The molecule has 1 aliphatic heterocycles. The van der Waals surface area contributed by atoms with E-state index >= 15 is 0 Å². The van der Waals surface area contributed by atoms with E-state index in [0.717, 1.165) is 5.56 Å². The summed E-state index contributed by atoms with van der Waals surface area (Å²) in [6.07, 6.45) is -0.00235. The van der Waals surface area contributed by atoms with Gasteiger partial charge in [0.2, 0.25) is 5.91 Å². The molecule has 1 atom stereocenters. The lowest BCUT2D eigenvalue weighted by atomic mass is 10.1. The lowest BCUT2D eigenvalue weighted by molar-refractivity contribution is -0.116. The summed E-state index contributed by atoms with van der Waals surface area (Å²) in [5, 5.41) is 5.65. The van der Waals surface area contributed by atoms with Crippen LogP contribution in [0.25, 0.3) is 0 Å². The highest BCUT2D eigenvalue weighted by Crippen LogP contribution is 2.23. The van der Waals surface area contributed by atoms with E-state index < -0.39 is 0 Å². The predicted octanol–water partition coefficient (Wildman–Crippen LogP) is 2.98. The Labute approximate surface area is 137 Å². The number of benzene rings is 1. The zero-order valence-corrected chi connectivity index (χ0v) is 14.4. The van der Waals surface area contributed by atoms with Gasteiger partial charge >= 0.3 is 6.03 Å². The number of nitrogens with one attached hydrogen (secondary N) is 2. The van der Waals surface area contributed by atoms with Crippen molar-refractivity contribution in [2.75, 3.05) is 23.7 Å². The van der Waals surface area contributed by atoms with Crippen molar-refractivity contribution >= 4 is 23.3 Å². The molecule has 6 heteroatoms. The van der Waals surface area contributed by atoms with E-state index in [0.29, 0.717) is 24.5 Å². The second kappa shape index (κ2) is 6.58. The van der Waals surface area contributed by atoms with Gasteiger partial charge < -0.3 is 20.3 Å². The summed E-state index contributed by atoms with van der Waals surface area (Å²) in [6, 6.07) is 5.30. The SMILES string of the molecule is CC(=O)Nc1cc(NC(=O)N2CC(C)OC(C)(C)C2)ccc1C. The fraction of sp³-hybridized carbons (Fsp3) is 0.529. The first-order valence-electron chi connectivity index (χ1n) is 7.78. The molecule has 1 aliphatic rings. The molecule has 0 spiro atoms. The molecule has 6 nitrogen and oxygen atoms in total. The van der Waals surface area contributed by atoms with Crippen molar-refractivity contribution in [1.29, 1.82) is 0 Å². The Bertz CT molecular complexity index is 613. The number of amides is 3. The maximum Gasteiger partial charge on any atom is 0.322 e. The number of carbonyl (C=O) groups is 2. The summed E-state index contributed by atoms with van der Waals surface area (Å²) < 4.78 is 5.81. The van der Waals surface area contributed by atoms with Gasteiger partial charge in [-0.3, -0.25) is 4.79 Å². The van der Waals surface area contributed by atoms with Gasteiger partial charge in [-0.15, -0.1) is 0 Å². The highest BCUT2D eigenvalue weighted by Gasteiger charge is 2.33. The highest BCUT2D eigenvalue weighted by molar-refractivity contribution is 5.93. The van der Waals surface area contributed by atoms with E-state index in [1.165, 1.54) is 6.92 Å². The van der Waals surface area contributed by atoms with Crippen molar-refractivity contribution in [2.24, 2.45) is 0 Å². The summed E-state index contributed by atoms with van der Waals surface area (Å²) in [7, 11) is 0. The molecule has 0 aliphatic carbocycles. The normalized spacial score (nSPS) is 20.0. The summed E-state index contributed by atoms with van der Waals surface area (Å²) in [4.78, 5) is 25.5. The number of rotatable bonds is 2. The fourth-order valence-corrected chi connectivity index (χ4v) is 2.84. The summed E-state index contributed by atoms with van der Waals surface area (Å²) >= 11 is 0. The molecule has 1 saturated heterocycles. The van der Waals surface area contributed by atoms with Crippen molar-refractivity contribution in [3.8, 4) is 0 Å². The molecule has 0 saturated carbocycles. The number of hydrogen-bond acceptors (Lipinski definition) is 3. The summed E-state index contributed by atoms with van der Waals surface area (Å²) in [6.45, 7) is 10.4. The van der Waals surface area contributed by atoms with Gasteiger partial charge in [-0.2, -0.15) is 0 Å². The molecule has 1 fully saturated rings. The molecular weight excluding hydrogens is 294 g/mol. The van der Waals surface area contributed by atoms with E-state index in [4.69, 9.17) is 4.74 Å².